The summed E-state index contributed by atoms with van der Waals surface area (Å²) in [5.41, 5.74) is -0.738. The van der Waals surface area contributed by atoms with Gasteiger partial charge in [0.25, 0.3) is 0 Å². The molecule has 0 heterocycles. The Kier molecular flexibility index (Phi) is 4.65. The Balaban J connectivity index is 2.28. The highest BCUT2D eigenvalue weighted by molar-refractivity contribution is 5.68. The molecule has 0 radical (unpaired) electrons. The number of nitrogens with one attached hydrogen (secondary N) is 2. The molecule has 0 atom stereocenters. The van der Waals surface area contributed by atoms with Crippen molar-refractivity contribution in [3.8, 4) is 0 Å². The van der Waals surface area contributed by atoms with Crippen molar-refractivity contribution in [2.75, 3.05) is 6.54 Å². The lowest BCUT2D eigenvalue weighted by molar-refractivity contribution is 0.0467. The summed E-state index contributed by atoms with van der Waals surface area (Å²) < 4.78 is 5.26. The van der Waals surface area contributed by atoms with Gasteiger partial charge in [0.2, 0.25) is 0 Å². The molecule has 0 aromatic heterocycles. The van der Waals surface area contributed by atoms with E-state index in [2.05, 4.69) is 17.6 Å². The molecular weight excluding hydrogens is 228 g/mol. The van der Waals surface area contributed by atoms with E-state index in [4.69, 9.17) is 4.74 Å². The van der Waals surface area contributed by atoms with Crippen LogP contribution < -0.4 is 10.6 Å². The fourth-order valence-corrected chi connectivity index (χ4v) is 2.09. The van der Waals surface area contributed by atoms with Gasteiger partial charge >= 0.3 is 6.09 Å². The third-order valence-corrected chi connectivity index (χ3v) is 3.05. The molecule has 0 aromatic rings. The second-order valence-electron chi connectivity index (χ2n) is 7.17. The largest absolute Gasteiger partial charge is 0.444 e. The summed E-state index contributed by atoms with van der Waals surface area (Å²) in [6, 6.07) is 0.611. The molecule has 1 aliphatic rings. The molecule has 18 heavy (non-hydrogen) atoms. The maximum Gasteiger partial charge on any atom is 0.408 e. The van der Waals surface area contributed by atoms with Crippen molar-refractivity contribution in [2.24, 2.45) is 5.92 Å². The Labute approximate surface area is 111 Å². The minimum atomic E-state index is -0.447. The standard InChI is InChI=1S/C14H28N2O2/c1-10-7-11(8-10)15-9-14(5,6)16-12(17)18-13(2,3)4/h10-11,15H,7-9H2,1-6H3,(H,16,17). The molecule has 1 saturated carbocycles. The van der Waals surface area contributed by atoms with Crippen LogP contribution in [0, 0.1) is 5.92 Å². The van der Waals surface area contributed by atoms with Crippen molar-refractivity contribution in [2.45, 2.75) is 71.6 Å². The highest BCUT2D eigenvalue weighted by Gasteiger charge is 2.29. The Morgan fingerprint density at radius 2 is 1.78 bits per heavy atom. The van der Waals surface area contributed by atoms with Gasteiger partial charge in [-0.3, -0.25) is 0 Å². The van der Waals surface area contributed by atoms with Crippen LogP contribution in [0.2, 0.25) is 0 Å². The van der Waals surface area contributed by atoms with Crippen LogP contribution in [0.1, 0.15) is 54.4 Å². The van der Waals surface area contributed by atoms with Gasteiger partial charge in [-0.1, -0.05) is 6.92 Å². The number of hydrogen-bond acceptors (Lipinski definition) is 3. The molecule has 0 unspecified atom stereocenters. The van der Waals surface area contributed by atoms with Gasteiger partial charge in [-0.2, -0.15) is 0 Å². The normalized spacial score (nSPS) is 24.3. The van der Waals surface area contributed by atoms with Crippen LogP contribution in [0.5, 0.6) is 0 Å². The van der Waals surface area contributed by atoms with Crippen LogP contribution in [-0.4, -0.2) is 29.8 Å². The summed E-state index contributed by atoms with van der Waals surface area (Å²) in [5.74, 6) is 0.837. The summed E-state index contributed by atoms with van der Waals surface area (Å²) in [4.78, 5) is 11.7. The second kappa shape index (κ2) is 5.47. The predicted molar refractivity (Wildman–Crippen MR) is 73.6 cm³/mol. The molecule has 0 bridgehead atoms. The minimum Gasteiger partial charge on any atom is -0.444 e. The van der Waals surface area contributed by atoms with Crippen LogP contribution in [0.3, 0.4) is 0 Å². The van der Waals surface area contributed by atoms with Gasteiger partial charge in [-0.25, -0.2) is 4.79 Å². The highest BCUT2D eigenvalue weighted by atomic mass is 16.6. The summed E-state index contributed by atoms with van der Waals surface area (Å²) in [7, 11) is 0. The quantitative estimate of drug-likeness (QED) is 0.813. The fraction of sp³-hybridized carbons (Fsp3) is 0.929. The van der Waals surface area contributed by atoms with Crippen LogP contribution in [0.4, 0.5) is 4.79 Å². The summed E-state index contributed by atoms with van der Waals surface area (Å²) >= 11 is 0. The molecule has 106 valence electrons. The molecule has 0 aromatic carbocycles. The molecular formula is C14H28N2O2. The van der Waals surface area contributed by atoms with Crippen LogP contribution in [0.15, 0.2) is 0 Å². The first-order valence-corrected chi connectivity index (χ1v) is 6.82. The minimum absolute atomic E-state index is 0.291. The van der Waals surface area contributed by atoms with Gasteiger partial charge in [0, 0.05) is 12.6 Å². The Morgan fingerprint density at radius 3 is 2.22 bits per heavy atom. The van der Waals surface area contributed by atoms with E-state index in [1.165, 1.54) is 12.8 Å². The predicted octanol–water partition coefficient (Wildman–Crippen LogP) is 2.68. The SMILES string of the molecule is CC1CC(NCC(C)(C)NC(=O)OC(C)(C)C)C1. The first-order valence-electron chi connectivity index (χ1n) is 6.82. The highest BCUT2D eigenvalue weighted by Crippen LogP contribution is 2.26. The van der Waals surface area contributed by atoms with E-state index in [1.807, 2.05) is 34.6 Å². The first kappa shape index (κ1) is 15.3. The van der Waals surface area contributed by atoms with Gasteiger partial charge in [-0.15, -0.1) is 0 Å². The molecule has 4 heteroatoms. The van der Waals surface area contributed by atoms with Gasteiger partial charge < -0.3 is 15.4 Å². The average Bonchev–Trinajstić information content (AvgIpc) is 2.05. The van der Waals surface area contributed by atoms with E-state index >= 15 is 0 Å². The van der Waals surface area contributed by atoms with E-state index in [0.717, 1.165) is 12.5 Å². The zero-order chi connectivity index (χ0) is 14.0. The van der Waals surface area contributed by atoms with Crippen LogP contribution >= 0.6 is 0 Å². The lowest BCUT2D eigenvalue weighted by Crippen LogP contribution is -2.54. The monoisotopic (exact) mass is 256 g/mol. The summed E-state index contributed by atoms with van der Waals surface area (Å²) in [5, 5.41) is 6.39. The van der Waals surface area contributed by atoms with E-state index in [9.17, 15) is 4.79 Å². The molecule has 0 saturated heterocycles. The summed E-state index contributed by atoms with van der Waals surface area (Å²) in [6.45, 7) is 12.7. The van der Waals surface area contributed by atoms with Crippen molar-refractivity contribution in [3.05, 3.63) is 0 Å². The first-order chi connectivity index (χ1) is 8.07. The van der Waals surface area contributed by atoms with Crippen LogP contribution in [-0.2, 0) is 4.74 Å². The maximum atomic E-state index is 11.7. The topological polar surface area (TPSA) is 50.4 Å². The maximum absolute atomic E-state index is 11.7. The van der Waals surface area contributed by atoms with Crippen molar-refractivity contribution >= 4 is 6.09 Å². The van der Waals surface area contributed by atoms with Crippen molar-refractivity contribution in [1.82, 2.24) is 10.6 Å². The third kappa shape index (κ3) is 5.71. The van der Waals surface area contributed by atoms with Gasteiger partial charge in [-0.05, 0) is 53.4 Å². The average molecular weight is 256 g/mol. The Bertz CT molecular complexity index is 289. The molecule has 0 spiro atoms. The van der Waals surface area contributed by atoms with Gasteiger partial charge in [0.15, 0.2) is 0 Å². The molecule has 1 fully saturated rings. The zero-order valence-corrected chi connectivity index (χ0v) is 12.6. The number of hydrogen-bond donors (Lipinski definition) is 2. The number of carbonyl (C=O) groups is 1. The fourth-order valence-electron chi connectivity index (χ4n) is 2.09. The van der Waals surface area contributed by atoms with Crippen LogP contribution in [0.25, 0.3) is 0 Å². The van der Waals surface area contributed by atoms with Gasteiger partial charge in [0.1, 0.15) is 5.60 Å². The molecule has 1 rings (SSSR count). The molecule has 1 amide bonds. The third-order valence-electron chi connectivity index (χ3n) is 3.05. The Hall–Kier alpha value is -0.770. The number of alkyl carbamates (subject to hydrolysis) is 1. The van der Waals surface area contributed by atoms with E-state index in [1.54, 1.807) is 0 Å². The van der Waals surface area contributed by atoms with Crippen molar-refractivity contribution in [3.63, 3.8) is 0 Å². The Morgan fingerprint density at radius 1 is 1.22 bits per heavy atom. The molecule has 2 N–H and O–H groups in total. The van der Waals surface area contributed by atoms with E-state index in [0.29, 0.717) is 6.04 Å². The number of rotatable bonds is 4. The summed E-state index contributed by atoms with van der Waals surface area (Å²) in [6.07, 6.45) is 2.13. The molecule has 4 nitrogen and oxygen atoms in total. The second-order valence-corrected chi connectivity index (χ2v) is 7.17. The number of ether oxygens (including phenoxy) is 1. The smallest absolute Gasteiger partial charge is 0.408 e. The molecule has 1 aliphatic carbocycles. The van der Waals surface area contributed by atoms with E-state index < -0.39 is 5.60 Å². The lowest BCUT2D eigenvalue weighted by atomic mass is 9.81. The lowest BCUT2D eigenvalue weighted by Gasteiger charge is -2.37. The molecule has 0 aliphatic heterocycles. The zero-order valence-electron chi connectivity index (χ0n) is 12.6. The van der Waals surface area contributed by atoms with Crippen molar-refractivity contribution < 1.29 is 9.53 Å². The van der Waals surface area contributed by atoms with Gasteiger partial charge in [0.05, 0.1) is 5.54 Å². The van der Waals surface area contributed by atoms with Crippen molar-refractivity contribution in [1.29, 1.82) is 0 Å². The number of amides is 1. The van der Waals surface area contributed by atoms with E-state index in [-0.39, 0.29) is 11.6 Å². The number of carbonyl (C=O) groups excluding carboxylic acids is 1.